The van der Waals surface area contributed by atoms with E-state index in [9.17, 15) is 0 Å². The van der Waals surface area contributed by atoms with Gasteiger partial charge in [-0.25, -0.2) is 4.98 Å². The number of rotatable bonds is 8. The zero-order chi connectivity index (χ0) is 20.9. The molecule has 158 valence electrons. The van der Waals surface area contributed by atoms with Gasteiger partial charge in [0, 0.05) is 19.2 Å². The van der Waals surface area contributed by atoms with Crippen LogP contribution in [0.4, 0.5) is 11.5 Å². The van der Waals surface area contributed by atoms with Gasteiger partial charge in [-0.05, 0) is 43.9 Å². The van der Waals surface area contributed by atoms with Gasteiger partial charge in [-0.15, -0.1) is 0 Å². The van der Waals surface area contributed by atoms with E-state index in [2.05, 4.69) is 26.7 Å². The van der Waals surface area contributed by atoms with Crippen LogP contribution in [-0.2, 0) is 4.74 Å². The molecule has 2 aromatic rings. The van der Waals surface area contributed by atoms with Crippen LogP contribution in [0.2, 0.25) is 5.02 Å². The lowest BCUT2D eigenvalue weighted by Crippen LogP contribution is -2.42. The Morgan fingerprint density at radius 2 is 2.03 bits per heavy atom. The zero-order valence-electron chi connectivity index (χ0n) is 16.7. The molecule has 9 heteroatoms. The van der Waals surface area contributed by atoms with Crippen LogP contribution < -0.4 is 20.1 Å². The van der Waals surface area contributed by atoms with Crippen LogP contribution in [0.15, 0.2) is 24.5 Å². The SMILES string of the molecule is COCCOc1c(Nc2ccc(C#N)cc2Cl)ncnc1O[C@H]1CC2CC[C@@H](C1)N2. The van der Waals surface area contributed by atoms with Crippen molar-refractivity contribution in [3.8, 4) is 17.7 Å². The summed E-state index contributed by atoms with van der Waals surface area (Å²) in [6.45, 7) is 0.746. The predicted octanol–water partition coefficient (Wildman–Crippen LogP) is 3.43. The Bertz CT molecular complexity index is 923. The number of nitriles is 1. The van der Waals surface area contributed by atoms with E-state index in [0.717, 1.165) is 12.8 Å². The van der Waals surface area contributed by atoms with Gasteiger partial charge in [0.25, 0.3) is 5.88 Å². The number of nitrogens with one attached hydrogen (secondary N) is 2. The maximum absolute atomic E-state index is 9.04. The molecule has 3 atom stereocenters. The summed E-state index contributed by atoms with van der Waals surface area (Å²) in [7, 11) is 1.61. The average molecular weight is 430 g/mol. The number of anilines is 2. The van der Waals surface area contributed by atoms with Crippen LogP contribution in [-0.4, -0.2) is 48.5 Å². The monoisotopic (exact) mass is 429 g/mol. The Morgan fingerprint density at radius 1 is 1.23 bits per heavy atom. The fourth-order valence-electron chi connectivity index (χ4n) is 3.96. The normalized spacial score (nSPS) is 22.4. The Kier molecular flexibility index (Phi) is 6.53. The summed E-state index contributed by atoms with van der Waals surface area (Å²) in [4.78, 5) is 8.67. The fraction of sp³-hybridized carbons (Fsp3) is 0.476. The van der Waals surface area contributed by atoms with Gasteiger partial charge in [-0.2, -0.15) is 10.2 Å². The first-order chi connectivity index (χ1) is 14.7. The first-order valence-corrected chi connectivity index (χ1v) is 10.4. The van der Waals surface area contributed by atoms with E-state index in [1.165, 1.54) is 19.2 Å². The minimum Gasteiger partial charge on any atom is -0.483 e. The van der Waals surface area contributed by atoms with Crippen LogP contribution in [0.3, 0.4) is 0 Å². The summed E-state index contributed by atoms with van der Waals surface area (Å²) in [5.41, 5.74) is 1.09. The smallest absolute Gasteiger partial charge is 0.262 e. The van der Waals surface area contributed by atoms with E-state index < -0.39 is 0 Å². The molecule has 8 nitrogen and oxygen atoms in total. The Hall–Kier alpha value is -2.60. The largest absolute Gasteiger partial charge is 0.483 e. The molecule has 2 aliphatic rings. The molecule has 4 rings (SSSR count). The molecule has 0 radical (unpaired) electrons. The van der Waals surface area contributed by atoms with Crippen molar-refractivity contribution in [1.82, 2.24) is 15.3 Å². The van der Waals surface area contributed by atoms with E-state index in [-0.39, 0.29) is 6.10 Å². The molecule has 2 aliphatic heterocycles. The van der Waals surface area contributed by atoms with Crippen LogP contribution in [0.25, 0.3) is 0 Å². The maximum Gasteiger partial charge on any atom is 0.262 e. The molecule has 0 aliphatic carbocycles. The maximum atomic E-state index is 9.04. The van der Waals surface area contributed by atoms with Crippen molar-refractivity contribution in [2.75, 3.05) is 25.6 Å². The van der Waals surface area contributed by atoms with Gasteiger partial charge in [-0.1, -0.05) is 11.6 Å². The van der Waals surface area contributed by atoms with Gasteiger partial charge in [0.15, 0.2) is 5.82 Å². The minimum absolute atomic E-state index is 0.0785. The number of benzene rings is 1. The second-order valence-corrected chi connectivity index (χ2v) is 7.89. The molecule has 2 fully saturated rings. The van der Waals surface area contributed by atoms with E-state index >= 15 is 0 Å². The van der Waals surface area contributed by atoms with Crippen molar-refractivity contribution in [3.63, 3.8) is 0 Å². The van der Waals surface area contributed by atoms with Gasteiger partial charge in [0.2, 0.25) is 5.75 Å². The average Bonchev–Trinajstić information content (AvgIpc) is 3.09. The molecule has 3 heterocycles. The van der Waals surface area contributed by atoms with Crippen molar-refractivity contribution in [2.45, 2.75) is 43.9 Å². The molecule has 0 amide bonds. The second kappa shape index (κ2) is 9.47. The van der Waals surface area contributed by atoms with Crippen molar-refractivity contribution in [3.05, 3.63) is 35.1 Å². The number of halogens is 1. The fourth-order valence-corrected chi connectivity index (χ4v) is 4.19. The molecule has 1 aromatic carbocycles. The number of hydrogen-bond donors (Lipinski definition) is 2. The van der Waals surface area contributed by atoms with Gasteiger partial charge < -0.3 is 24.8 Å². The van der Waals surface area contributed by atoms with Crippen LogP contribution in [0.1, 0.15) is 31.2 Å². The third kappa shape index (κ3) is 4.75. The van der Waals surface area contributed by atoms with Gasteiger partial charge in [0.1, 0.15) is 19.0 Å². The lowest BCUT2D eigenvalue weighted by atomic mass is 10.0. The van der Waals surface area contributed by atoms with Crippen LogP contribution in [0, 0.1) is 11.3 Å². The summed E-state index contributed by atoms with van der Waals surface area (Å²) in [5.74, 6) is 1.26. The molecule has 30 heavy (non-hydrogen) atoms. The standard InChI is InChI=1S/C21H24ClN5O3/c1-28-6-7-29-19-20(27-18-5-2-13(11-23)8-17(18)22)24-12-25-21(19)30-16-9-14-3-4-15(10-16)26-14/h2,5,8,12,14-16,26H,3-4,6-7,9-10H2,1H3,(H,24,25,27)/t14-,15?,16+/m0/s1. The highest BCUT2D eigenvalue weighted by atomic mass is 35.5. The quantitative estimate of drug-likeness (QED) is 0.615. The van der Waals surface area contributed by atoms with Crippen molar-refractivity contribution >= 4 is 23.1 Å². The van der Waals surface area contributed by atoms with Crippen LogP contribution >= 0.6 is 11.6 Å². The third-order valence-electron chi connectivity index (χ3n) is 5.36. The molecular formula is C21H24ClN5O3. The number of ether oxygens (including phenoxy) is 3. The number of aromatic nitrogens is 2. The van der Waals surface area contributed by atoms with Crippen molar-refractivity contribution < 1.29 is 14.2 Å². The number of methoxy groups -OCH3 is 1. The highest BCUT2D eigenvalue weighted by Crippen LogP contribution is 2.37. The Morgan fingerprint density at radius 3 is 2.73 bits per heavy atom. The predicted molar refractivity (Wildman–Crippen MR) is 112 cm³/mol. The molecule has 0 saturated carbocycles. The molecule has 1 unspecified atom stereocenters. The summed E-state index contributed by atoms with van der Waals surface area (Å²) < 4.78 is 17.3. The minimum atomic E-state index is 0.0785. The van der Waals surface area contributed by atoms with Gasteiger partial charge in [-0.3, -0.25) is 0 Å². The molecule has 0 spiro atoms. The first-order valence-electron chi connectivity index (χ1n) is 10.0. The molecule has 2 N–H and O–H groups in total. The number of piperidine rings is 1. The zero-order valence-corrected chi connectivity index (χ0v) is 17.5. The lowest BCUT2D eigenvalue weighted by molar-refractivity contribution is 0.116. The van der Waals surface area contributed by atoms with Gasteiger partial charge in [0.05, 0.1) is 28.9 Å². The summed E-state index contributed by atoms with van der Waals surface area (Å²) in [6, 6.07) is 8.09. The summed E-state index contributed by atoms with van der Waals surface area (Å²) in [5, 5.41) is 16.2. The third-order valence-corrected chi connectivity index (χ3v) is 5.68. The molecule has 2 saturated heterocycles. The first kappa shape index (κ1) is 20.7. The van der Waals surface area contributed by atoms with Crippen LogP contribution in [0.5, 0.6) is 11.6 Å². The Balaban J connectivity index is 1.57. The van der Waals surface area contributed by atoms with Crippen molar-refractivity contribution in [1.29, 1.82) is 5.26 Å². The summed E-state index contributed by atoms with van der Waals surface area (Å²) in [6.07, 6.45) is 5.79. The van der Waals surface area contributed by atoms with Crippen molar-refractivity contribution in [2.24, 2.45) is 0 Å². The highest BCUT2D eigenvalue weighted by molar-refractivity contribution is 6.33. The Labute approximate surface area is 180 Å². The van der Waals surface area contributed by atoms with Gasteiger partial charge >= 0.3 is 0 Å². The van der Waals surface area contributed by atoms with E-state index in [0.29, 0.717) is 59.0 Å². The number of nitrogens with zero attached hydrogens (tertiary/aromatic N) is 3. The molecule has 2 bridgehead atoms. The number of hydrogen-bond acceptors (Lipinski definition) is 8. The topological polar surface area (TPSA) is 101 Å². The second-order valence-electron chi connectivity index (χ2n) is 7.48. The van der Waals surface area contributed by atoms with E-state index in [4.69, 9.17) is 31.1 Å². The lowest BCUT2D eigenvalue weighted by Gasteiger charge is -2.29. The number of fused-ring (bicyclic) bond motifs is 2. The van der Waals surface area contributed by atoms with E-state index in [1.807, 2.05) is 0 Å². The highest BCUT2D eigenvalue weighted by Gasteiger charge is 2.35. The molecular weight excluding hydrogens is 406 g/mol. The molecule has 1 aromatic heterocycles. The van der Waals surface area contributed by atoms with E-state index in [1.54, 1.807) is 25.3 Å². The summed E-state index contributed by atoms with van der Waals surface area (Å²) >= 11 is 6.32.